The minimum Gasteiger partial charge on any atom is -0.481 e. The third-order valence-corrected chi connectivity index (χ3v) is 4.06. The van der Waals surface area contributed by atoms with E-state index in [2.05, 4.69) is 42.5 Å². The maximum absolute atomic E-state index is 13.6. The van der Waals surface area contributed by atoms with Crippen LogP contribution in [0.1, 0.15) is 11.1 Å². The Hall–Kier alpha value is -4.22. The van der Waals surface area contributed by atoms with Gasteiger partial charge < -0.3 is 20.7 Å². The van der Waals surface area contributed by atoms with Gasteiger partial charge in [-0.3, -0.25) is 4.79 Å². The number of aromatic nitrogens is 4. The third kappa shape index (κ3) is 5.47. The van der Waals surface area contributed by atoms with Gasteiger partial charge >= 0.3 is 6.18 Å². The average molecular weight is 445 g/mol. The van der Waals surface area contributed by atoms with Crippen molar-refractivity contribution in [3.8, 4) is 5.88 Å². The van der Waals surface area contributed by atoms with E-state index < -0.39 is 23.5 Å². The minimum absolute atomic E-state index is 0.148. The summed E-state index contributed by atoms with van der Waals surface area (Å²) in [5.41, 5.74) is 0.153. The number of carbonyl (C=O) groups is 1. The summed E-state index contributed by atoms with van der Waals surface area (Å²) >= 11 is 0. The molecular formula is C20H18F3N7O2. The number of hydrogen-bond acceptors (Lipinski definition) is 8. The predicted molar refractivity (Wildman–Crippen MR) is 112 cm³/mol. The second-order valence-corrected chi connectivity index (χ2v) is 6.39. The molecule has 0 bridgehead atoms. The van der Waals surface area contributed by atoms with E-state index in [1.165, 1.54) is 25.6 Å². The topological polar surface area (TPSA) is 114 Å². The molecule has 3 aromatic rings. The fraction of sp³-hybridized carbons (Fsp3) is 0.150. The summed E-state index contributed by atoms with van der Waals surface area (Å²) in [5, 5.41) is 7.90. The number of carbonyl (C=O) groups excluding carboxylic acids is 1. The number of ether oxygens (including phenoxy) is 1. The van der Waals surface area contributed by atoms with Crippen molar-refractivity contribution in [2.75, 3.05) is 23.1 Å². The number of aryl methyl sites for hydroxylation is 1. The highest BCUT2D eigenvalue weighted by Gasteiger charge is 2.35. The smallest absolute Gasteiger partial charge is 0.421 e. The van der Waals surface area contributed by atoms with Crippen molar-refractivity contribution in [2.45, 2.75) is 13.1 Å². The van der Waals surface area contributed by atoms with Crippen LogP contribution in [0.15, 0.2) is 49.4 Å². The quantitative estimate of drug-likeness (QED) is 0.464. The summed E-state index contributed by atoms with van der Waals surface area (Å²) < 4.78 is 45.7. The van der Waals surface area contributed by atoms with Crippen molar-refractivity contribution in [1.82, 2.24) is 19.9 Å². The van der Waals surface area contributed by atoms with Crippen LogP contribution in [0.2, 0.25) is 0 Å². The average Bonchev–Trinajstić information content (AvgIpc) is 2.75. The van der Waals surface area contributed by atoms with Crippen LogP contribution in [-0.4, -0.2) is 33.0 Å². The molecule has 0 aliphatic carbocycles. The van der Waals surface area contributed by atoms with Crippen molar-refractivity contribution >= 4 is 34.9 Å². The van der Waals surface area contributed by atoms with E-state index in [0.29, 0.717) is 6.20 Å². The number of hydrogen-bond donors (Lipinski definition) is 3. The first-order valence-corrected chi connectivity index (χ1v) is 9.08. The van der Waals surface area contributed by atoms with Gasteiger partial charge in [0.25, 0.3) is 0 Å². The Bertz CT molecular complexity index is 1150. The minimum atomic E-state index is -4.73. The molecule has 1 aromatic carbocycles. The zero-order valence-electron chi connectivity index (χ0n) is 17.0. The number of halogens is 3. The highest BCUT2D eigenvalue weighted by Crippen LogP contribution is 2.36. The molecule has 32 heavy (non-hydrogen) atoms. The highest BCUT2D eigenvalue weighted by atomic mass is 19.4. The van der Waals surface area contributed by atoms with Crippen LogP contribution in [0.3, 0.4) is 0 Å². The van der Waals surface area contributed by atoms with Crippen molar-refractivity contribution in [2.24, 2.45) is 0 Å². The van der Waals surface area contributed by atoms with Crippen molar-refractivity contribution in [3.63, 3.8) is 0 Å². The lowest BCUT2D eigenvalue weighted by Gasteiger charge is -2.17. The predicted octanol–water partition coefficient (Wildman–Crippen LogP) is 4.21. The number of nitrogens with zero attached hydrogens (tertiary/aromatic N) is 4. The number of alkyl halides is 3. The normalized spacial score (nSPS) is 10.9. The molecule has 0 saturated heterocycles. The molecule has 2 heterocycles. The monoisotopic (exact) mass is 445 g/mol. The summed E-state index contributed by atoms with van der Waals surface area (Å²) in [6.07, 6.45) is -1.82. The Morgan fingerprint density at radius 3 is 2.59 bits per heavy atom. The first kappa shape index (κ1) is 22.5. The van der Waals surface area contributed by atoms with E-state index in [9.17, 15) is 18.0 Å². The first-order valence-electron chi connectivity index (χ1n) is 9.08. The molecule has 0 fully saturated rings. The molecule has 0 atom stereocenters. The molecule has 3 rings (SSSR count). The second kappa shape index (κ2) is 9.29. The lowest BCUT2D eigenvalue weighted by molar-refractivity contribution is -0.137. The van der Waals surface area contributed by atoms with Gasteiger partial charge in [0, 0.05) is 12.3 Å². The summed E-state index contributed by atoms with van der Waals surface area (Å²) in [6.45, 7) is 5.15. The SMILES string of the molecule is C=CC(=O)Nc1cc(C)ccc1Nc1nc(Nc2cc(OC)ncn2)ncc1C(F)(F)F. The van der Waals surface area contributed by atoms with Crippen LogP contribution in [0.5, 0.6) is 5.88 Å². The lowest BCUT2D eigenvalue weighted by Crippen LogP contribution is -2.14. The van der Waals surface area contributed by atoms with Gasteiger partial charge in [0.1, 0.15) is 23.5 Å². The van der Waals surface area contributed by atoms with E-state index in [-0.39, 0.29) is 29.0 Å². The molecule has 2 aromatic heterocycles. The van der Waals surface area contributed by atoms with E-state index in [0.717, 1.165) is 11.6 Å². The van der Waals surface area contributed by atoms with Gasteiger partial charge in [-0.2, -0.15) is 18.2 Å². The lowest BCUT2D eigenvalue weighted by atomic mass is 10.1. The van der Waals surface area contributed by atoms with Crippen LogP contribution >= 0.6 is 0 Å². The summed E-state index contributed by atoms with van der Waals surface area (Å²) in [7, 11) is 1.41. The summed E-state index contributed by atoms with van der Waals surface area (Å²) in [6, 6.07) is 6.23. The van der Waals surface area contributed by atoms with Crippen molar-refractivity contribution in [3.05, 3.63) is 60.6 Å². The van der Waals surface area contributed by atoms with Crippen molar-refractivity contribution < 1.29 is 22.7 Å². The highest BCUT2D eigenvalue weighted by molar-refractivity contribution is 6.01. The molecule has 1 amide bonds. The zero-order chi connectivity index (χ0) is 23.3. The molecule has 0 radical (unpaired) electrons. The second-order valence-electron chi connectivity index (χ2n) is 6.39. The van der Waals surface area contributed by atoms with E-state index in [1.54, 1.807) is 19.1 Å². The summed E-state index contributed by atoms with van der Waals surface area (Å²) in [4.78, 5) is 27.2. The molecule has 0 unspecified atom stereocenters. The number of rotatable bonds is 7. The molecule has 0 saturated carbocycles. The summed E-state index contributed by atoms with van der Waals surface area (Å²) in [5.74, 6) is -0.719. The largest absolute Gasteiger partial charge is 0.481 e. The molecule has 3 N–H and O–H groups in total. The van der Waals surface area contributed by atoms with E-state index >= 15 is 0 Å². The van der Waals surface area contributed by atoms with Gasteiger partial charge in [-0.25, -0.2) is 15.0 Å². The third-order valence-electron chi connectivity index (χ3n) is 4.06. The van der Waals surface area contributed by atoms with Gasteiger partial charge in [-0.15, -0.1) is 0 Å². The van der Waals surface area contributed by atoms with Crippen molar-refractivity contribution in [1.29, 1.82) is 0 Å². The Morgan fingerprint density at radius 1 is 1.12 bits per heavy atom. The maximum atomic E-state index is 13.6. The number of nitrogens with one attached hydrogen (secondary N) is 3. The number of benzene rings is 1. The van der Waals surface area contributed by atoms with Gasteiger partial charge in [-0.1, -0.05) is 12.6 Å². The number of amides is 1. The van der Waals surface area contributed by atoms with Crippen LogP contribution in [0.4, 0.5) is 42.1 Å². The Kier molecular flexibility index (Phi) is 6.52. The van der Waals surface area contributed by atoms with Gasteiger partial charge in [-0.05, 0) is 30.7 Å². The van der Waals surface area contributed by atoms with E-state index in [1.807, 2.05) is 0 Å². The number of methoxy groups -OCH3 is 1. The molecular weight excluding hydrogens is 427 g/mol. The zero-order valence-corrected chi connectivity index (χ0v) is 17.0. The molecule has 0 aliphatic heterocycles. The molecule has 0 aliphatic rings. The van der Waals surface area contributed by atoms with Crippen LogP contribution < -0.4 is 20.7 Å². The number of anilines is 5. The van der Waals surface area contributed by atoms with Gasteiger partial charge in [0.2, 0.25) is 17.7 Å². The van der Waals surface area contributed by atoms with Crippen LogP contribution in [-0.2, 0) is 11.0 Å². The molecule has 12 heteroatoms. The molecule has 9 nitrogen and oxygen atoms in total. The maximum Gasteiger partial charge on any atom is 0.421 e. The Balaban J connectivity index is 2.00. The molecule has 166 valence electrons. The Morgan fingerprint density at radius 2 is 1.91 bits per heavy atom. The first-order chi connectivity index (χ1) is 15.2. The van der Waals surface area contributed by atoms with Crippen LogP contribution in [0, 0.1) is 6.92 Å². The van der Waals surface area contributed by atoms with Gasteiger partial charge in [0.05, 0.1) is 18.5 Å². The van der Waals surface area contributed by atoms with Crippen LogP contribution in [0.25, 0.3) is 0 Å². The fourth-order valence-electron chi connectivity index (χ4n) is 2.56. The fourth-order valence-corrected chi connectivity index (χ4v) is 2.56. The molecule has 0 spiro atoms. The van der Waals surface area contributed by atoms with E-state index in [4.69, 9.17) is 4.74 Å². The van der Waals surface area contributed by atoms with Gasteiger partial charge in [0.15, 0.2) is 0 Å². The standard InChI is InChI=1S/C20H18F3N7O2/c1-4-16(31)27-14-7-11(2)5-6-13(14)28-18-12(20(21,22)23)9-24-19(30-18)29-15-8-17(32-3)26-10-25-15/h4-10H,1H2,2-3H3,(H,27,31)(H2,24,25,26,28,29,30). The Labute approximate surface area is 180 Å².